The van der Waals surface area contributed by atoms with Gasteiger partial charge in [0.2, 0.25) is 10.0 Å². The van der Waals surface area contributed by atoms with Gasteiger partial charge in [0.15, 0.2) is 4.90 Å². The molecular formula is C12H17N3O5S. The van der Waals surface area contributed by atoms with E-state index in [1.165, 1.54) is 6.07 Å². The number of aliphatic hydroxyl groups is 1. The second kappa shape index (κ2) is 5.24. The van der Waals surface area contributed by atoms with E-state index in [0.29, 0.717) is 12.8 Å². The lowest BCUT2D eigenvalue weighted by atomic mass is 9.97. The Labute approximate surface area is 122 Å². The highest BCUT2D eigenvalue weighted by atomic mass is 32.2. The Morgan fingerprint density at radius 2 is 2.14 bits per heavy atom. The molecular weight excluding hydrogens is 298 g/mol. The standard InChI is InChI=1S/C12H17N3O5S/c1-12(16)5-2-6-14(8-12)21(19,20)11-7-9(13)3-4-10(11)15(17)18/h3-4,7,16H,2,5-6,8,13H2,1H3. The predicted octanol–water partition coefficient (Wildman–Crippen LogP) is 0.713. The minimum absolute atomic E-state index is 0.0959. The van der Waals surface area contributed by atoms with Gasteiger partial charge in [-0.2, -0.15) is 4.31 Å². The molecule has 1 aliphatic rings. The molecule has 8 nitrogen and oxygen atoms in total. The molecule has 1 aromatic carbocycles. The highest BCUT2D eigenvalue weighted by molar-refractivity contribution is 7.89. The topological polar surface area (TPSA) is 127 Å². The summed E-state index contributed by atoms with van der Waals surface area (Å²) in [4.78, 5) is 9.83. The smallest absolute Gasteiger partial charge is 0.289 e. The van der Waals surface area contributed by atoms with E-state index in [2.05, 4.69) is 0 Å². The molecule has 0 aliphatic carbocycles. The maximum Gasteiger partial charge on any atom is 0.289 e. The second-order valence-corrected chi connectivity index (χ2v) is 7.33. The number of nitrogens with zero attached hydrogens (tertiary/aromatic N) is 2. The molecule has 2 rings (SSSR count). The maximum absolute atomic E-state index is 12.6. The van der Waals surface area contributed by atoms with Crippen molar-refractivity contribution in [2.45, 2.75) is 30.3 Å². The molecule has 3 N–H and O–H groups in total. The van der Waals surface area contributed by atoms with Crippen molar-refractivity contribution in [1.82, 2.24) is 4.31 Å². The number of rotatable bonds is 3. The Morgan fingerprint density at radius 3 is 2.71 bits per heavy atom. The Balaban J connectivity index is 2.49. The van der Waals surface area contributed by atoms with Crippen molar-refractivity contribution in [3.8, 4) is 0 Å². The Hall–Kier alpha value is -1.71. The molecule has 0 bridgehead atoms. The van der Waals surface area contributed by atoms with Crippen LogP contribution in [0.2, 0.25) is 0 Å². The minimum atomic E-state index is -4.08. The average Bonchev–Trinajstić information content (AvgIpc) is 2.37. The van der Waals surface area contributed by atoms with Crippen LogP contribution in [0.3, 0.4) is 0 Å². The first-order valence-electron chi connectivity index (χ1n) is 6.40. The normalized spacial score (nSPS) is 23.9. The third kappa shape index (κ3) is 3.14. The van der Waals surface area contributed by atoms with Gasteiger partial charge in [-0.25, -0.2) is 8.42 Å². The number of nitro benzene ring substituents is 1. The van der Waals surface area contributed by atoms with Gasteiger partial charge in [0.25, 0.3) is 5.69 Å². The highest BCUT2D eigenvalue weighted by Crippen LogP contribution is 2.32. The number of β-amino-alcohol motifs (C(OH)–C–C–N with tert-alkyl or cyclic N) is 1. The number of nitro groups is 1. The first kappa shape index (κ1) is 15.7. The van der Waals surface area contributed by atoms with Crippen molar-refractivity contribution < 1.29 is 18.4 Å². The van der Waals surface area contributed by atoms with Gasteiger partial charge in [0.05, 0.1) is 10.5 Å². The van der Waals surface area contributed by atoms with Gasteiger partial charge in [-0.05, 0) is 31.9 Å². The fourth-order valence-corrected chi connectivity index (χ4v) is 4.19. The second-order valence-electron chi connectivity index (χ2n) is 5.42. The molecule has 9 heteroatoms. The number of nitrogens with two attached hydrogens (primary N) is 1. The molecule has 0 spiro atoms. The number of sulfonamides is 1. The SMILES string of the molecule is CC1(O)CCCN(S(=O)(=O)c2cc(N)ccc2[N+](=O)[O-])C1. The van der Waals surface area contributed by atoms with Gasteiger partial charge < -0.3 is 10.8 Å². The molecule has 1 aromatic rings. The number of hydrogen-bond acceptors (Lipinski definition) is 6. The summed E-state index contributed by atoms with van der Waals surface area (Å²) in [5.74, 6) is 0. The molecule has 21 heavy (non-hydrogen) atoms. The first-order chi connectivity index (χ1) is 9.63. The van der Waals surface area contributed by atoms with Crippen LogP contribution in [0.4, 0.5) is 11.4 Å². The van der Waals surface area contributed by atoms with Crippen LogP contribution >= 0.6 is 0 Å². The molecule has 0 saturated carbocycles. The van der Waals surface area contributed by atoms with Crippen LogP contribution in [0.25, 0.3) is 0 Å². The zero-order chi connectivity index (χ0) is 15.8. The number of anilines is 1. The predicted molar refractivity (Wildman–Crippen MR) is 76.1 cm³/mol. The summed E-state index contributed by atoms with van der Waals surface area (Å²) in [7, 11) is -4.08. The van der Waals surface area contributed by atoms with Crippen molar-refractivity contribution in [2.75, 3.05) is 18.8 Å². The lowest BCUT2D eigenvalue weighted by molar-refractivity contribution is -0.387. The molecule has 0 radical (unpaired) electrons. The molecule has 116 valence electrons. The summed E-state index contributed by atoms with van der Waals surface area (Å²) in [5.41, 5.74) is 4.02. The fourth-order valence-electron chi connectivity index (χ4n) is 2.41. The van der Waals surface area contributed by atoms with Crippen LogP contribution in [-0.4, -0.2) is 41.4 Å². The van der Waals surface area contributed by atoms with E-state index in [9.17, 15) is 23.6 Å². The molecule has 1 aliphatic heterocycles. The Bertz CT molecular complexity index is 671. The van der Waals surface area contributed by atoms with E-state index in [0.717, 1.165) is 16.4 Å². The van der Waals surface area contributed by atoms with E-state index in [4.69, 9.17) is 5.73 Å². The number of hydrogen-bond donors (Lipinski definition) is 2. The van der Waals surface area contributed by atoms with Gasteiger partial charge in [-0.1, -0.05) is 0 Å². The Kier molecular flexibility index (Phi) is 3.91. The molecule has 1 unspecified atom stereocenters. The minimum Gasteiger partial charge on any atom is -0.399 e. The van der Waals surface area contributed by atoms with Gasteiger partial charge in [-0.3, -0.25) is 10.1 Å². The summed E-state index contributed by atoms with van der Waals surface area (Å²) < 4.78 is 26.3. The van der Waals surface area contributed by atoms with Crippen LogP contribution in [-0.2, 0) is 10.0 Å². The lowest BCUT2D eigenvalue weighted by Crippen LogP contribution is -2.48. The Morgan fingerprint density at radius 1 is 1.48 bits per heavy atom. The summed E-state index contributed by atoms with van der Waals surface area (Å²) in [6.07, 6.45) is 0.973. The number of piperidine rings is 1. The quantitative estimate of drug-likeness (QED) is 0.480. The van der Waals surface area contributed by atoms with E-state index in [1.807, 2.05) is 0 Å². The third-order valence-corrected chi connectivity index (χ3v) is 5.31. The summed E-state index contributed by atoms with van der Waals surface area (Å²) in [5, 5.41) is 21.0. The number of benzene rings is 1. The molecule has 1 heterocycles. The zero-order valence-electron chi connectivity index (χ0n) is 11.5. The third-order valence-electron chi connectivity index (χ3n) is 3.44. The first-order valence-corrected chi connectivity index (χ1v) is 7.84. The van der Waals surface area contributed by atoms with E-state index in [-0.39, 0.29) is 18.8 Å². The van der Waals surface area contributed by atoms with Crippen LogP contribution < -0.4 is 5.73 Å². The monoisotopic (exact) mass is 315 g/mol. The average molecular weight is 315 g/mol. The van der Waals surface area contributed by atoms with Gasteiger partial charge in [-0.15, -0.1) is 0 Å². The largest absolute Gasteiger partial charge is 0.399 e. The maximum atomic E-state index is 12.6. The molecule has 0 amide bonds. The van der Waals surface area contributed by atoms with Gasteiger partial charge in [0, 0.05) is 24.8 Å². The van der Waals surface area contributed by atoms with Crippen LogP contribution in [0.15, 0.2) is 23.1 Å². The van der Waals surface area contributed by atoms with E-state index >= 15 is 0 Å². The lowest BCUT2D eigenvalue weighted by Gasteiger charge is -2.35. The van der Waals surface area contributed by atoms with Crippen LogP contribution in [0.5, 0.6) is 0 Å². The molecule has 1 saturated heterocycles. The summed E-state index contributed by atoms with van der Waals surface area (Å²) in [6, 6.07) is 3.44. The van der Waals surface area contributed by atoms with Gasteiger partial charge in [0.1, 0.15) is 0 Å². The van der Waals surface area contributed by atoms with E-state index in [1.54, 1.807) is 6.92 Å². The number of nitrogen functional groups attached to an aromatic ring is 1. The van der Waals surface area contributed by atoms with Crippen molar-refractivity contribution in [3.05, 3.63) is 28.3 Å². The summed E-state index contributed by atoms with van der Waals surface area (Å²) >= 11 is 0. The summed E-state index contributed by atoms with van der Waals surface area (Å²) in [6.45, 7) is 1.66. The van der Waals surface area contributed by atoms with Gasteiger partial charge >= 0.3 is 0 Å². The highest BCUT2D eigenvalue weighted by Gasteiger charge is 2.38. The fraction of sp³-hybridized carbons (Fsp3) is 0.500. The van der Waals surface area contributed by atoms with Crippen molar-refractivity contribution >= 4 is 21.4 Å². The molecule has 1 fully saturated rings. The van der Waals surface area contributed by atoms with Crippen LogP contribution in [0, 0.1) is 10.1 Å². The zero-order valence-corrected chi connectivity index (χ0v) is 12.3. The molecule has 0 aromatic heterocycles. The van der Waals surface area contributed by atoms with Crippen LogP contribution in [0.1, 0.15) is 19.8 Å². The van der Waals surface area contributed by atoms with Crippen molar-refractivity contribution in [1.29, 1.82) is 0 Å². The molecule has 1 atom stereocenters. The van der Waals surface area contributed by atoms with Crippen molar-refractivity contribution in [3.63, 3.8) is 0 Å². The van der Waals surface area contributed by atoms with Crippen molar-refractivity contribution in [2.24, 2.45) is 0 Å². The van der Waals surface area contributed by atoms with E-state index < -0.39 is 31.1 Å².